The van der Waals surface area contributed by atoms with Crippen molar-refractivity contribution in [3.63, 3.8) is 0 Å². The number of aromatic nitrogens is 2. The third kappa shape index (κ3) is 3.66. The Labute approximate surface area is 143 Å². The zero-order valence-electron chi connectivity index (χ0n) is 13.3. The van der Waals surface area contributed by atoms with Crippen LogP contribution in [0.3, 0.4) is 0 Å². The van der Waals surface area contributed by atoms with Gasteiger partial charge in [-0.3, -0.25) is 14.9 Å². The van der Waals surface area contributed by atoms with Crippen molar-refractivity contribution in [2.45, 2.75) is 6.92 Å². The Morgan fingerprint density at radius 1 is 1.08 bits per heavy atom. The van der Waals surface area contributed by atoms with Crippen LogP contribution in [-0.4, -0.2) is 20.8 Å². The zero-order valence-corrected chi connectivity index (χ0v) is 13.3. The van der Waals surface area contributed by atoms with Crippen LogP contribution < -0.4 is 5.32 Å². The molecule has 0 aliphatic heterocycles. The van der Waals surface area contributed by atoms with Crippen molar-refractivity contribution in [2.24, 2.45) is 0 Å². The normalized spacial score (nSPS) is 10.3. The van der Waals surface area contributed by atoms with E-state index < -0.39 is 10.8 Å². The van der Waals surface area contributed by atoms with Gasteiger partial charge in [0, 0.05) is 22.8 Å². The van der Waals surface area contributed by atoms with Crippen LogP contribution in [0, 0.1) is 17.0 Å². The monoisotopic (exact) mass is 334 g/mol. The number of anilines is 1. The number of rotatable bonds is 4. The summed E-state index contributed by atoms with van der Waals surface area (Å²) in [6.45, 7) is 1.62. The van der Waals surface area contributed by atoms with Gasteiger partial charge in [0.25, 0.3) is 11.6 Å². The molecular formula is C18H14N4O3. The maximum absolute atomic E-state index is 12.3. The molecule has 0 aliphatic rings. The Morgan fingerprint density at radius 3 is 2.40 bits per heavy atom. The van der Waals surface area contributed by atoms with Gasteiger partial charge in [-0.05, 0) is 13.0 Å². The van der Waals surface area contributed by atoms with Gasteiger partial charge in [-0.25, -0.2) is 9.97 Å². The number of nitrogens with zero attached hydrogens (tertiary/aromatic N) is 3. The van der Waals surface area contributed by atoms with E-state index in [1.165, 1.54) is 24.5 Å². The van der Waals surface area contributed by atoms with Gasteiger partial charge in [0.1, 0.15) is 0 Å². The highest BCUT2D eigenvalue weighted by Crippen LogP contribution is 2.20. The molecule has 1 aromatic heterocycles. The Balaban J connectivity index is 1.77. The summed E-state index contributed by atoms with van der Waals surface area (Å²) >= 11 is 0. The predicted molar refractivity (Wildman–Crippen MR) is 93.3 cm³/mol. The number of nitro benzene ring substituents is 1. The van der Waals surface area contributed by atoms with Crippen LogP contribution in [0.4, 0.5) is 11.4 Å². The lowest BCUT2D eigenvalue weighted by Gasteiger charge is -2.06. The summed E-state index contributed by atoms with van der Waals surface area (Å²) in [5, 5.41) is 13.6. The fourth-order valence-corrected chi connectivity index (χ4v) is 2.28. The average molecular weight is 334 g/mol. The summed E-state index contributed by atoms with van der Waals surface area (Å²) in [7, 11) is 0. The minimum atomic E-state index is -0.510. The van der Waals surface area contributed by atoms with E-state index in [0.717, 1.165) is 5.56 Å². The summed E-state index contributed by atoms with van der Waals surface area (Å²) in [6.07, 6.45) is 2.99. The molecule has 0 fully saturated rings. The number of carbonyl (C=O) groups excluding carboxylic acids is 1. The lowest BCUT2D eigenvalue weighted by atomic mass is 10.1. The highest BCUT2D eigenvalue weighted by molar-refractivity contribution is 6.04. The second-order valence-electron chi connectivity index (χ2n) is 5.37. The van der Waals surface area contributed by atoms with Crippen molar-refractivity contribution in [2.75, 3.05) is 5.32 Å². The van der Waals surface area contributed by atoms with Crippen LogP contribution in [0.25, 0.3) is 11.4 Å². The van der Waals surface area contributed by atoms with Gasteiger partial charge in [0.05, 0.1) is 23.0 Å². The Hall–Kier alpha value is -3.61. The molecule has 0 aliphatic carbocycles. The summed E-state index contributed by atoms with van der Waals surface area (Å²) in [6, 6.07) is 13.8. The Bertz CT molecular complexity index is 925. The third-order valence-corrected chi connectivity index (χ3v) is 3.61. The molecule has 7 nitrogen and oxygen atoms in total. The average Bonchev–Trinajstić information content (AvgIpc) is 2.63. The van der Waals surface area contributed by atoms with Crippen LogP contribution >= 0.6 is 0 Å². The molecule has 0 bridgehead atoms. The first kappa shape index (κ1) is 16.3. The number of hydrogen-bond donors (Lipinski definition) is 1. The number of amides is 1. The zero-order chi connectivity index (χ0) is 17.8. The molecule has 0 saturated carbocycles. The number of nitro groups is 1. The predicted octanol–water partition coefficient (Wildman–Crippen LogP) is 3.61. The fourth-order valence-electron chi connectivity index (χ4n) is 2.28. The molecule has 0 atom stereocenters. The van der Waals surface area contributed by atoms with Crippen molar-refractivity contribution >= 4 is 17.3 Å². The largest absolute Gasteiger partial charge is 0.319 e. The van der Waals surface area contributed by atoms with E-state index in [-0.39, 0.29) is 11.3 Å². The highest BCUT2D eigenvalue weighted by Gasteiger charge is 2.15. The minimum Gasteiger partial charge on any atom is -0.319 e. The van der Waals surface area contributed by atoms with Crippen molar-refractivity contribution in [3.8, 4) is 11.4 Å². The van der Waals surface area contributed by atoms with E-state index in [1.807, 2.05) is 30.3 Å². The quantitative estimate of drug-likeness (QED) is 0.580. The molecule has 2 aromatic carbocycles. The molecule has 0 spiro atoms. The fraction of sp³-hybridized carbons (Fsp3) is 0.0556. The lowest BCUT2D eigenvalue weighted by molar-refractivity contribution is -0.385. The Kier molecular flexibility index (Phi) is 4.47. The molecular weight excluding hydrogens is 320 g/mol. The summed E-state index contributed by atoms with van der Waals surface area (Å²) in [5.74, 6) is 0.0868. The molecule has 0 saturated heterocycles. The first-order valence-electron chi connectivity index (χ1n) is 7.48. The maximum Gasteiger partial charge on any atom is 0.273 e. The molecule has 7 heteroatoms. The molecule has 1 N–H and O–H groups in total. The molecule has 0 radical (unpaired) electrons. The number of benzene rings is 2. The first-order valence-corrected chi connectivity index (χ1v) is 7.48. The van der Waals surface area contributed by atoms with E-state index in [0.29, 0.717) is 17.1 Å². The molecule has 124 valence electrons. The van der Waals surface area contributed by atoms with E-state index in [4.69, 9.17) is 0 Å². The number of hydrogen-bond acceptors (Lipinski definition) is 5. The second kappa shape index (κ2) is 6.88. The number of aryl methyl sites for hydroxylation is 1. The topological polar surface area (TPSA) is 98.0 Å². The van der Waals surface area contributed by atoms with E-state index in [1.54, 1.807) is 13.0 Å². The van der Waals surface area contributed by atoms with Crippen LogP contribution in [0.2, 0.25) is 0 Å². The standard InChI is InChI=1S/C18H14N4O3/c1-12-7-8-14(9-16(12)22(24)25)18(23)21-15-10-19-17(20-11-15)13-5-3-2-4-6-13/h2-11H,1H3,(H,21,23). The molecule has 3 aromatic rings. The van der Waals surface area contributed by atoms with Crippen LogP contribution in [0.1, 0.15) is 15.9 Å². The van der Waals surface area contributed by atoms with Crippen LogP contribution in [0.5, 0.6) is 0 Å². The number of nitrogens with one attached hydrogen (secondary N) is 1. The summed E-state index contributed by atoms with van der Waals surface area (Å²) in [5.41, 5.74) is 1.88. The van der Waals surface area contributed by atoms with E-state index >= 15 is 0 Å². The van der Waals surface area contributed by atoms with Crippen molar-refractivity contribution < 1.29 is 9.72 Å². The molecule has 0 unspecified atom stereocenters. The Morgan fingerprint density at radius 2 is 1.76 bits per heavy atom. The van der Waals surface area contributed by atoms with Crippen molar-refractivity contribution in [1.82, 2.24) is 9.97 Å². The molecule has 1 amide bonds. The highest BCUT2D eigenvalue weighted by atomic mass is 16.6. The van der Waals surface area contributed by atoms with Crippen molar-refractivity contribution in [3.05, 3.63) is 82.2 Å². The molecule has 1 heterocycles. The molecule has 3 rings (SSSR count). The summed E-state index contributed by atoms with van der Waals surface area (Å²) in [4.78, 5) is 31.2. The minimum absolute atomic E-state index is 0.0941. The third-order valence-electron chi connectivity index (χ3n) is 3.61. The van der Waals surface area contributed by atoms with E-state index in [9.17, 15) is 14.9 Å². The summed E-state index contributed by atoms with van der Waals surface area (Å²) < 4.78 is 0. The van der Waals surface area contributed by atoms with Gasteiger partial charge in [-0.1, -0.05) is 36.4 Å². The van der Waals surface area contributed by atoms with Gasteiger partial charge >= 0.3 is 0 Å². The van der Waals surface area contributed by atoms with E-state index in [2.05, 4.69) is 15.3 Å². The second-order valence-corrected chi connectivity index (χ2v) is 5.37. The number of carbonyl (C=O) groups is 1. The SMILES string of the molecule is Cc1ccc(C(=O)Nc2cnc(-c3ccccc3)nc2)cc1[N+](=O)[O-]. The van der Waals surface area contributed by atoms with Gasteiger partial charge < -0.3 is 5.32 Å². The van der Waals surface area contributed by atoms with Gasteiger partial charge in [0.15, 0.2) is 5.82 Å². The van der Waals surface area contributed by atoms with Gasteiger partial charge in [-0.2, -0.15) is 0 Å². The van der Waals surface area contributed by atoms with Crippen molar-refractivity contribution in [1.29, 1.82) is 0 Å². The van der Waals surface area contributed by atoms with Gasteiger partial charge in [0.2, 0.25) is 0 Å². The van der Waals surface area contributed by atoms with Crippen LogP contribution in [-0.2, 0) is 0 Å². The van der Waals surface area contributed by atoms with Crippen LogP contribution in [0.15, 0.2) is 60.9 Å². The maximum atomic E-state index is 12.3. The van der Waals surface area contributed by atoms with Gasteiger partial charge in [-0.15, -0.1) is 0 Å². The smallest absolute Gasteiger partial charge is 0.273 e. The lowest BCUT2D eigenvalue weighted by Crippen LogP contribution is -2.13. The molecule has 25 heavy (non-hydrogen) atoms. The first-order chi connectivity index (χ1) is 12.0.